The number of carboxylic acid groups (broad SMARTS) is 1. The number of allylic oxidation sites excluding steroid dienone is 2. The van der Waals surface area contributed by atoms with Gasteiger partial charge in [0.1, 0.15) is 11.7 Å². The zero-order valence-corrected chi connectivity index (χ0v) is 21.2. The summed E-state index contributed by atoms with van der Waals surface area (Å²) in [6.45, 7) is 5.11. The smallest absolute Gasteiger partial charge is 0.336 e. The average Bonchev–Trinajstić information content (AvgIpc) is 3.40. The monoisotopic (exact) mass is 493 g/mol. The third-order valence-corrected chi connectivity index (χ3v) is 7.11. The Kier molecular flexibility index (Phi) is 8.06. The molecule has 36 heavy (non-hydrogen) atoms. The Labute approximate surface area is 212 Å². The summed E-state index contributed by atoms with van der Waals surface area (Å²) in [7, 11) is 1.93. The number of aromatic nitrogens is 1. The molecule has 1 aromatic carbocycles. The van der Waals surface area contributed by atoms with Crippen LogP contribution in [0.3, 0.4) is 0 Å². The van der Waals surface area contributed by atoms with Crippen molar-refractivity contribution in [3.05, 3.63) is 64.9 Å². The van der Waals surface area contributed by atoms with Crippen molar-refractivity contribution in [1.82, 2.24) is 14.8 Å². The van der Waals surface area contributed by atoms with Gasteiger partial charge in [0.25, 0.3) is 5.91 Å². The molecule has 2 N–H and O–H groups in total. The molecule has 1 aliphatic carbocycles. The van der Waals surface area contributed by atoms with Crippen LogP contribution in [0.4, 0.5) is 0 Å². The van der Waals surface area contributed by atoms with Gasteiger partial charge in [-0.05, 0) is 62.1 Å². The molecule has 3 atom stereocenters. The predicted octanol–water partition coefficient (Wildman–Crippen LogP) is 3.70. The molecular weight excluding hydrogens is 458 g/mol. The minimum Gasteiger partial charge on any atom is -0.478 e. The van der Waals surface area contributed by atoms with Crippen LogP contribution in [0.25, 0.3) is 5.57 Å². The zero-order valence-electron chi connectivity index (χ0n) is 21.2. The first-order valence-electron chi connectivity index (χ1n) is 12.6. The number of amides is 1. The Bertz CT molecular complexity index is 1150. The first-order valence-corrected chi connectivity index (χ1v) is 12.6. The number of hydrogen-bond acceptors (Lipinski definition) is 6. The maximum Gasteiger partial charge on any atom is 0.336 e. The molecule has 0 radical (unpaired) electrons. The van der Waals surface area contributed by atoms with E-state index >= 15 is 0 Å². The molecule has 0 fully saturated rings. The molecule has 1 aliphatic heterocycles. The van der Waals surface area contributed by atoms with Crippen LogP contribution in [0.15, 0.2) is 42.6 Å². The van der Waals surface area contributed by atoms with Crippen LogP contribution in [-0.4, -0.2) is 75.8 Å². The Morgan fingerprint density at radius 2 is 2.11 bits per heavy atom. The van der Waals surface area contributed by atoms with Crippen molar-refractivity contribution in [2.24, 2.45) is 5.92 Å². The van der Waals surface area contributed by atoms with Crippen LogP contribution in [-0.2, 0) is 6.54 Å². The lowest BCUT2D eigenvalue weighted by atomic mass is 9.98. The number of aromatic carboxylic acids is 1. The minimum absolute atomic E-state index is 0.0488. The van der Waals surface area contributed by atoms with Gasteiger partial charge in [0.2, 0.25) is 5.88 Å². The first kappa shape index (κ1) is 25.9. The zero-order chi connectivity index (χ0) is 25.8. The lowest BCUT2D eigenvalue weighted by Gasteiger charge is -2.37. The van der Waals surface area contributed by atoms with Gasteiger partial charge in [-0.3, -0.25) is 9.69 Å². The number of aliphatic hydroxyl groups excluding tert-OH is 1. The number of carboxylic acids is 1. The average molecular weight is 494 g/mol. The third-order valence-electron chi connectivity index (χ3n) is 7.11. The molecule has 4 rings (SSSR count). The van der Waals surface area contributed by atoms with E-state index in [4.69, 9.17) is 4.74 Å². The second-order valence-electron chi connectivity index (χ2n) is 9.98. The molecule has 0 unspecified atom stereocenters. The van der Waals surface area contributed by atoms with Gasteiger partial charge < -0.3 is 19.8 Å². The van der Waals surface area contributed by atoms with Crippen LogP contribution in [0.2, 0.25) is 0 Å². The van der Waals surface area contributed by atoms with Crippen LogP contribution in [0.5, 0.6) is 5.88 Å². The second kappa shape index (κ2) is 11.2. The fourth-order valence-corrected chi connectivity index (χ4v) is 4.96. The fraction of sp³-hybridized carbons (Fsp3) is 0.464. The maximum absolute atomic E-state index is 13.6. The van der Waals surface area contributed by atoms with Crippen molar-refractivity contribution in [2.45, 2.75) is 51.8 Å². The Morgan fingerprint density at radius 3 is 2.81 bits per heavy atom. The van der Waals surface area contributed by atoms with Gasteiger partial charge in [-0.15, -0.1) is 0 Å². The highest BCUT2D eigenvalue weighted by Gasteiger charge is 2.34. The largest absolute Gasteiger partial charge is 0.478 e. The van der Waals surface area contributed by atoms with Crippen molar-refractivity contribution < 1.29 is 24.5 Å². The fourth-order valence-electron chi connectivity index (χ4n) is 4.96. The highest BCUT2D eigenvalue weighted by molar-refractivity contribution is 5.97. The molecule has 0 bridgehead atoms. The van der Waals surface area contributed by atoms with Crippen molar-refractivity contribution in [1.29, 1.82) is 0 Å². The molecule has 0 saturated heterocycles. The number of fused-ring (bicyclic) bond motifs is 1. The van der Waals surface area contributed by atoms with E-state index in [1.807, 2.05) is 44.0 Å². The van der Waals surface area contributed by atoms with Crippen molar-refractivity contribution >= 4 is 17.4 Å². The van der Waals surface area contributed by atoms with Crippen molar-refractivity contribution in [3.8, 4) is 5.88 Å². The number of likely N-dealkylation sites (N-methyl/N-ethyl adjacent to an activating group) is 1. The lowest BCUT2D eigenvalue weighted by Crippen LogP contribution is -2.50. The van der Waals surface area contributed by atoms with Crippen LogP contribution in [0, 0.1) is 5.92 Å². The standard InChI is InChI=1S/C28H35N3O5/c1-18-14-31(19(2)17-32)27(33)24-12-22(20-8-4-5-9-20)13-29-26(24)36-25(18)16-30(3)15-21-10-6-7-11-23(21)28(34)35/h6-8,10-13,18-19,25,32H,4-5,9,14-17H2,1-3H3,(H,34,35)/t18-,19+,25+/m0/s1. The van der Waals surface area contributed by atoms with E-state index in [0.29, 0.717) is 31.1 Å². The SMILES string of the molecule is C[C@H](CO)N1C[C@H](C)[C@@H](CN(C)Cc2ccccc2C(=O)O)Oc2ncc(C3=CCCC3)cc2C1=O. The molecule has 2 aromatic rings. The van der Waals surface area contributed by atoms with Crippen molar-refractivity contribution in [2.75, 3.05) is 26.7 Å². The molecule has 1 aromatic heterocycles. The number of nitrogens with zero attached hydrogens (tertiary/aromatic N) is 3. The van der Waals surface area contributed by atoms with E-state index in [9.17, 15) is 19.8 Å². The van der Waals surface area contributed by atoms with Gasteiger partial charge in [0.15, 0.2) is 0 Å². The summed E-state index contributed by atoms with van der Waals surface area (Å²) in [5.41, 5.74) is 3.56. The molecule has 0 spiro atoms. The topological polar surface area (TPSA) is 103 Å². The molecule has 2 heterocycles. The number of benzene rings is 1. The van der Waals surface area contributed by atoms with E-state index in [2.05, 4.69) is 11.1 Å². The molecule has 8 heteroatoms. The first-order chi connectivity index (χ1) is 17.3. The summed E-state index contributed by atoms with van der Waals surface area (Å²) in [6.07, 6.45) is 6.77. The third kappa shape index (κ3) is 5.60. The number of rotatable bonds is 8. The molecule has 192 valence electrons. The number of hydrogen-bond donors (Lipinski definition) is 2. The summed E-state index contributed by atoms with van der Waals surface area (Å²) >= 11 is 0. The molecule has 1 amide bonds. The Morgan fingerprint density at radius 1 is 1.33 bits per heavy atom. The Balaban J connectivity index is 1.62. The number of ether oxygens (including phenoxy) is 1. The number of pyridine rings is 1. The summed E-state index contributed by atoms with van der Waals surface area (Å²) in [5.74, 6) is -0.887. The van der Waals surface area contributed by atoms with Gasteiger partial charge in [0, 0.05) is 31.7 Å². The van der Waals surface area contributed by atoms with Gasteiger partial charge in [-0.25, -0.2) is 9.78 Å². The summed E-state index contributed by atoms with van der Waals surface area (Å²) in [6, 6.07) is 8.51. The second-order valence-corrected chi connectivity index (χ2v) is 9.98. The highest BCUT2D eigenvalue weighted by atomic mass is 16.5. The van der Waals surface area contributed by atoms with Crippen molar-refractivity contribution in [3.63, 3.8) is 0 Å². The lowest BCUT2D eigenvalue weighted by molar-refractivity contribution is 0.0325. The van der Waals surface area contributed by atoms with Gasteiger partial charge in [0.05, 0.1) is 18.2 Å². The molecule has 0 saturated carbocycles. The predicted molar refractivity (Wildman–Crippen MR) is 137 cm³/mol. The maximum atomic E-state index is 13.6. The number of carbonyl (C=O) groups is 2. The summed E-state index contributed by atoms with van der Waals surface area (Å²) < 4.78 is 6.39. The van der Waals surface area contributed by atoms with E-state index < -0.39 is 5.97 Å². The van der Waals surface area contributed by atoms with E-state index in [1.165, 1.54) is 5.57 Å². The van der Waals surface area contributed by atoms with Gasteiger partial charge in [-0.1, -0.05) is 31.2 Å². The van der Waals surface area contributed by atoms with Crippen LogP contribution < -0.4 is 4.74 Å². The number of carbonyl (C=O) groups excluding carboxylic acids is 1. The quantitative estimate of drug-likeness (QED) is 0.578. The molecule has 8 nitrogen and oxygen atoms in total. The highest BCUT2D eigenvalue weighted by Crippen LogP contribution is 2.32. The normalized spacial score (nSPS) is 20.9. The van der Waals surface area contributed by atoms with Gasteiger partial charge >= 0.3 is 5.97 Å². The van der Waals surface area contributed by atoms with Crippen LogP contribution in [0.1, 0.15) is 65.0 Å². The van der Waals surface area contributed by atoms with Crippen LogP contribution >= 0.6 is 0 Å². The van der Waals surface area contributed by atoms with Gasteiger partial charge in [-0.2, -0.15) is 0 Å². The molecular formula is C28H35N3O5. The number of aliphatic hydroxyl groups is 1. The Hall–Kier alpha value is -3.23. The van der Waals surface area contributed by atoms with E-state index in [0.717, 1.165) is 30.4 Å². The molecule has 2 aliphatic rings. The summed E-state index contributed by atoms with van der Waals surface area (Å²) in [5, 5.41) is 19.4. The van der Waals surface area contributed by atoms with E-state index in [1.54, 1.807) is 23.2 Å². The summed E-state index contributed by atoms with van der Waals surface area (Å²) in [4.78, 5) is 33.5. The minimum atomic E-state index is -0.951. The van der Waals surface area contributed by atoms with E-state index in [-0.39, 0.29) is 36.1 Å².